The summed E-state index contributed by atoms with van der Waals surface area (Å²) in [7, 11) is 1.34. The van der Waals surface area contributed by atoms with E-state index in [-0.39, 0.29) is 63.5 Å². The summed E-state index contributed by atoms with van der Waals surface area (Å²) in [5.41, 5.74) is 3.60. The van der Waals surface area contributed by atoms with Gasteiger partial charge >= 0.3 is 6.18 Å². The highest BCUT2D eigenvalue weighted by Gasteiger charge is 2.39. The van der Waals surface area contributed by atoms with E-state index >= 15 is 0 Å². The van der Waals surface area contributed by atoms with Crippen molar-refractivity contribution in [1.29, 1.82) is 0 Å². The highest BCUT2D eigenvalue weighted by molar-refractivity contribution is 6.34. The van der Waals surface area contributed by atoms with Gasteiger partial charge in [-0.3, -0.25) is 19.2 Å². The van der Waals surface area contributed by atoms with Crippen LogP contribution in [0.1, 0.15) is 39.5 Å². The number of imidazole rings is 1. The van der Waals surface area contributed by atoms with Crippen molar-refractivity contribution in [1.82, 2.24) is 39.4 Å². The maximum Gasteiger partial charge on any atom is 0.435 e. The number of anilines is 2. The molecule has 2 saturated heterocycles. The van der Waals surface area contributed by atoms with Crippen molar-refractivity contribution in [2.24, 2.45) is 13.0 Å². The zero-order valence-electron chi connectivity index (χ0n) is 27.5. The highest BCUT2D eigenvalue weighted by Crippen LogP contribution is 2.37. The normalized spacial score (nSPS) is 15.1. The number of piperidine rings is 1. The van der Waals surface area contributed by atoms with Gasteiger partial charge < -0.3 is 35.8 Å². The number of carbonyl (C=O) groups excluding carboxylic acids is 3. The van der Waals surface area contributed by atoms with E-state index in [1.807, 2.05) is 0 Å². The molecule has 3 amide bonds. The summed E-state index contributed by atoms with van der Waals surface area (Å²) in [6.45, 7) is 2.93. The van der Waals surface area contributed by atoms with Crippen molar-refractivity contribution < 1.29 is 41.8 Å². The number of rotatable bonds is 6. The van der Waals surface area contributed by atoms with Crippen molar-refractivity contribution in [3.05, 3.63) is 70.8 Å². The van der Waals surface area contributed by atoms with Crippen LogP contribution in [-0.2, 0) is 22.8 Å². The zero-order chi connectivity index (χ0) is 37.7. The molecule has 0 saturated carbocycles. The van der Waals surface area contributed by atoms with E-state index in [1.54, 1.807) is 9.80 Å². The molecule has 2 fully saturated rings. The van der Waals surface area contributed by atoms with E-state index in [0.717, 1.165) is 49.0 Å². The predicted octanol–water partition coefficient (Wildman–Crippen LogP) is 3.30. The molecule has 0 atom stereocenters. The molecule has 5 N–H and O–H groups in total. The van der Waals surface area contributed by atoms with Crippen LogP contribution in [0.25, 0.3) is 16.9 Å². The third-order valence-corrected chi connectivity index (χ3v) is 8.88. The second kappa shape index (κ2) is 15.8. The molecule has 5 heterocycles. The molecule has 3 aromatic heterocycles. The van der Waals surface area contributed by atoms with Crippen LogP contribution in [0.5, 0.6) is 0 Å². The summed E-state index contributed by atoms with van der Waals surface area (Å²) in [4.78, 5) is 58.6. The Morgan fingerprint density at radius 3 is 2.35 bits per heavy atom. The van der Waals surface area contributed by atoms with Gasteiger partial charge in [0.25, 0.3) is 18.3 Å². The molecule has 20 heteroatoms. The number of carbonyl (C=O) groups is 4. The standard InChI is InChI=1S/C31H31ClF4N10O3.CH2O2/c1-43-23(20-16-46(42-25(20)31(34,35)36)22-4-5-24(37)41-26(22)33)15-39-27(43)28(47)40-18-2-3-19(21(32)14-18)30(49)45-12-10-44(11-13-45)29(48)17-6-8-38-9-7-17;2-1-3/h2-5,14-17,38H,6-13H2,1H3,(H2,37,41)(H,40,47);1H,(H,2,3). The first-order chi connectivity index (χ1) is 24.7. The molecular formula is C32H33ClF4N10O5. The molecule has 1 aromatic carbocycles. The number of carboxylic acid groups (broad SMARTS) is 1. The Hall–Kier alpha value is -5.56. The number of hydrogen-bond donors (Lipinski definition) is 4. The summed E-state index contributed by atoms with van der Waals surface area (Å²) in [5.74, 6) is -2.50. The molecule has 2 aliphatic rings. The SMILES string of the molecule is Cn1c(-c2cn(-c3ccc(N)nc3F)nc2C(F)(F)F)cnc1C(=O)Nc1ccc(C(=O)N2CCN(C(=O)C3CCNCC3)CC2)c(Cl)c1.O=CO. The smallest absolute Gasteiger partial charge is 0.435 e. The summed E-state index contributed by atoms with van der Waals surface area (Å²) in [6.07, 6.45) is -1.31. The minimum Gasteiger partial charge on any atom is -0.483 e. The molecule has 276 valence electrons. The van der Waals surface area contributed by atoms with Crippen molar-refractivity contribution in [3.63, 3.8) is 0 Å². The van der Waals surface area contributed by atoms with E-state index in [0.29, 0.717) is 30.9 Å². The lowest BCUT2D eigenvalue weighted by Crippen LogP contribution is -2.52. The highest BCUT2D eigenvalue weighted by atomic mass is 35.5. The Morgan fingerprint density at radius 1 is 1.08 bits per heavy atom. The quantitative estimate of drug-likeness (QED) is 0.129. The van der Waals surface area contributed by atoms with E-state index in [1.165, 1.54) is 31.3 Å². The van der Waals surface area contributed by atoms with Crippen molar-refractivity contribution in [2.45, 2.75) is 19.0 Å². The van der Waals surface area contributed by atoms with Crippen molar-refractivity contribution >= 4 is 47.3 Å². The molecule has 52 heavy (non-hydrogen) atoms. The lowest BCUT2D eigenvalue weighted by Gasteiger charge is -2.37. The van der Waals surface area contributed by atoms with Gasteiger partial charge in [0.2, 0.25) is 11.9 Å². The first kappa shape index (κ1) is 37.7. The Kier molecular flexibility index (Phi) is 11.4. The number of amides is 3. The van der Waals surface area contributed by atoms with Gasteiger partial charge in [-0.2, -0.15) is 22.7 Å². The fraction of sp³-hybridized carbons (Fsp3) is 0.344. The average Bonchev–Trinajstić information content (AvgIpc) is 3.72. The molecule has 4 aromatic rings. The Labute approximate surface area is 298 Å². The van der Waals surface area contributed by atoms with Crippen LogP contribution in [0.3, 0.4) is 0 Å². The van der Waals surface area contributed by atoms with Gasteiger partial charge in [-0.1, -0.05) is 11.6 Å². The molecule has 0 bridgehead atoms. The molecule has 0 spiro atoms. The topological polar surface area (TPSA) is 194 Å². The summed E-state index contributed by atoms with van der Waals surface area (Å²) >= 11 is 6.46. The van der Waals surface area contributed by atoms with Gasteiger partial charge in [0.15, 0.2) is 11.5 Å². The molecule has 0 unspecified atom stereocenters. The Morgan fingerprint density at radius 2 is 1.73 bits per heavy atom. The third-order valence-electron chi connectivity index (χ3n) is 8.57. The number of benzene rings is 1. The predicted molar refractivity (Wildman–Crippen MR) is 179 cm³/mol. The van der Waals surface area contributed by atoms with Gasteiger partial charge in [0.1, 0.15) is 11.5 Å². The maximum absolute atomic E-state index is 14.4. The van der Waals surface area contributed by atoms with Crippen LogP contribution in [0, 0.1) is 11.9 Å². The summed E-state index contributed by atoms with van der Waals surface area (Å²) in [5, 5.41) is 16.3. The van der Waals surface area contributed by atoms with Gasteiger partial charge in [-0.15, -0.1) is 0 Å². The van der Waals surface area contributed by atoms with Crippen LogP contribution < -0.4 is 16.4 Å². The first-order valence-corrected chi connectivity index (χ1v) is 16.2. The minimum absolute atomic E-state index is 0.00144. The molecule has 2 aliphatic heterocycles. The minimum atomic E-state index is -4.93. The van der Waals surface area contributed by atoms with Crippen LogP contribution in [0.2, 0.25) is 5.02 Å². The van der Waals surface area contributed by atoms with E-state index in [2.05, 4.69) is 25.7 Å². The lowest BCUT2D eigenvalue weighted by atomic mass is 9.96. The second-order valence-corrected chi connectivity index (χ2v) is 12.2. The Bertz CT molecular complexity index is 1970. The zero-order valence-corrected chi connectivity index (χ0v) is 28.3. The summed E-state index contributed by atoms with van der Waals surface area (Å²) in [6, 6.07) is 6.67. The van der Waals surface area contributed by atoms with Crippen LogP contribution in [0.4, 0.5) is 29.1 Å². The van der Waals surface area contributed by atoms with Gasteiger partial charge in [0.05, 0.1) is 28.0 Å². The first-order valence-electron chi connectivity index (χ1n) is 15.8. The molecule has 0 aliphatic carbocycles. The van der Waals surface area contributed by atoms with Crippen molar-refractivity contribution in [3.8, 4) is 16.9 Å². The number of nitrogen functional groups attached to an aromatic ring is 1. The number of nitrogens with two attached hydrogens (primary N) is 1. The average molecular weight is 749 g/mol. The maximum atomic E-state index is 14.4. The van der Waals surface area contributed by atoms with Crippen LogP contribution >= 0.6 is 11.6 Å². The van der Waals surface area contributed by atoms with Crippen LogP contribution in [0.15, 0.2) is 42.7 Å². The number of nitrogens with one attached hydrogen (secondary N) is 2. The fourth-order valence-electron chi connectivity index (χ4n) is 5.96. The summed E-state index contributed by atoms with van der Waals surface area (Å²) < 4.78 is 58.3. The van der Waals surface area contributed by atoms with E-state index in [4.69, 9.17) is 27.2 Å². The third kappa shape index (κ3) is 8.15. The molecule has 15 nitrogen and oxygen atoms in total. The van der Waals surface area contributed by atoms with Gasteiger partial charge in [0, 0.05) is 51.0 Å². The molecule has 6 rings (SSSR count). The number of pyridine rings is 1. The van der Waals surface area contributed by atoms with E-state index in [9.17, 15) is 31.9 Å². The lowest BCUT2D eigenvalue weighted by molar-refractivity contribution is -0.141. The van der Waals surface area contributed by atoms with Gasteiger partial charge in [-0.25, -0.2) is 14.6 Å². The number of aromatic nitrogens is 5. The fourth-order valence-corrected chi connectivity index (χ4v) is 6.22. The molecule has 0 radical (unpaired) electrons. The number of halogens is 5. The largest absolute Gasteiger partial charge is 0.483 e. The van der Waals surface area contributed by atoms with E-state index < -0.39 is 29.3 Å². The van der Waals surface area contributed by atoms with Crippen molar-refractivity contribution in [2.75, 3.05) is 50.3 Å². The number of piperazine rings is 1. The Balaban J connectivity index is 0.00000168. The number of alkyl halides is 3. The second-order valence-electron chi connectivity index (χ2n) is 11.8. The monoisotopic (exact) mass is 748 g/mol. The van der Waals surface area contributed by atoms with Gasteiger partial charge in [-0.05, 0) is 56.3 Å². The number of nitrogens with zero attached hydrogens (tertiary/aromatic N) is 7. The van der Waals surface area contributed by atoms with Crippen LogP contribution in [-0.4, -0.2) is 103 Å². The molecular weight excluding hydrogens is 716 g/mol. The number of hydrogen-bond acceptors (Lipinski definition) is 9.